The molecule has 1 aromatic carbocycles. The van der Waals surface area contributed by atoms with Gasteiger partial charge in [0.15, 0.2) is 0 Å². The Morgan fingerprint density at radius 2 is 1.90 bits per heavy atom. The molecule has 0 atom stereocenters. The summed E-state index contributed by atoms with van der Waals surface area (Å²) in [7, 11) is 0. The lowest BCUT2D eigenvalue weighted by molar-refractivity contribution is 1.32. The van der Waals surface area contributed by atoms with Crippen LogP contribution >= 0.6 is 11.3 Å². The first-order valence-corrected chi connectivity index (χ1v) is 7.23. The lowest BCUT2D eigenvalue weighted by atomic mass is 10.2. The minimum absolute atomic E-state index is 0.900. The summed E-state index contributed by atoms with van der Waals surface area (Å²) in [6.45, 7) is 0. The predicted octanol–water partition coefficient (Wildman–Crippen LogP) is 4.35. The molecule has 0 saturated heterocycles. The fraction of sp³-hybridized carbons (Fsp3) is 0. The molecule has 0 aliphatic heterocycles. The third kappa shape index (κ3) is 1.82. The summed E-state index contributed by atoms with van der Waals surface area (Å²) in [5.41, 5.74) is 4.15. The second-order valence-electron chi connectivity index (χ2n) is 4.51. The van der Waals surface area contributed by atoms with Crippen LogP contribution < -0.4 is 0 Å². The molecular weight excluding hydrogens is 266 g/mol. The van der Waals surface area contributed by atoms with E-state index in [2.05, 4.69) is 33.5 Å². The molecule has 0 fully saturated rings. The van der Waals surface area contributed by atoms with Crippen molar-refractivity contribution in [3.8, 4) is 21.8 Å². The van der Waals surface area contributed by atoms with Gasteiger partial charge in [0.1, 0.15) is 10.7 Å². The van der Waals surface area contributed by atoms with E-state index in [0.717, 1.165) is 32.9 Å². The molecule has 4 heteroatoms. The Kier molecular flexibility index (Phi) is 2.60. The van der Waals surface area contributed by atoms with E-state index in [1.54, 1.807) is 17.5 Å². The summed E-state index contributed by atoms with van der Waals surface area (Å²) in [5.74, 6) is 0. The van der Waals surface area contributed by atoms with Gasteiger partial charge >= 0.3 is 0 Å². The molecule has 3 nitrogen and oxygen atoms in total. The Labute approximate surface area is 120 Å². The SMILES string of the molecule is c1ccc(-c2nc(-c3c[nH]c4ncccc34)cs2)cc1. The van der Waals surface area contributed by atoms with E-state index in [0.29, 0.717) is 0 Å². The molecule has 0 spiro atoms. The van der Waals surface area contributed by atoms with E-state index in [9.17, 15) is 0 Å². The highest BCUT2D eigenvalue weighted by Gasteiger charge is 2.10. The van der Waals surface area contributed by atoms with Crippen LogP contribution in [0.2, 0.25) is 0 Å². The molecule has 4 rings (SSSR count). The summed E-state index contributed by atoms with van der Waals surface area (Å²) in [5, 5.41) is 4.24. The third-order valence-electron chi connectivity index (χ3n) is 3.25. The van der Waals surface area contributed by atoms with E-state index < -0.39 is 0 Å². The Morgan fingerprint density at radius 3 is 2.80 bits per heavy atom. The Bertz CT molecular complexity index is 861. The van der Waals surface area contributed by atoms with Crippen LogP contribution in [0.1, 0.15) is 0 Å². The average molecular weight is 277 g/mol. The zero-order valence-electron chi connectivity index (χ0n) is 10.6. The molecule has 0 aliphatic rings. The van der Waals surface area contributed by atoms with E-state index >= 15 is 0 Å². The molecule has 0 aliphatic carbocycles. The van der Waals surface area contributed by atoms with Crippen molar-refractivity contribution in [2.45, 2.75) is 0 Å². The van der Waals surface area contributed by atoms with Gasteiger partial charge in [0, 0.05) is 34.3 Å². The summed E-state index contributed by atoms with van der Waals surface area (Å²) >= 11 is 1.66. The molecule has 0 amide bonds. The highest BCUT2D eigenvalue weighted by atomic mass is 32.1. The molecule has 20 heavy (non-hydrogen) atoms. The zero-order valence-corrected chi connectivity index (χ0v) is 11.4. The smallest absolute Gasteiger partial charge is 0.137 e. The number of thiazole rings is 1. The fourth-order valence-electron chi connectivity index (χ4n) is 2.28. The van der Waals surface area contributed by atoms with E-state index in [1.165, 1.54) is 0 Å². The van der Waals surface area contributed by atoms with E-state index in [4.69, 9.17) is 4.98 Å². The van der Waals surface area contributed by atoms with Crippen molar-refractivity contribution >= 4 is 22.4 Å². The standard InChI is InChI=1S/C16H11N3S/c1-2-5-11(6-3-1)16-19-14(10-20-16)13-9-18-15-12(13)7-4-8-17-15/h1-10H,(H,17,18). The number of pyridine rings is 1. The maximum atomic E-state index is 4.74. The number of nitrogens with one attached hydrogen (secondary N) is 1. The minimum Gasteiger partial charge on any atom is -0.345 e. The van der Waals surface area contributed by atoms with Crippen LogP contribution in [-0.4, -0.2) is 15.0 Å². The van der Waals surface area contributed by atoms with Crippen LogP contribution in [0.25, 0.3) is 32.9 Å². The minimum atomic E-state index is 0.900. The van der Waals surface area contributed by atoms with Crippen molar-refractivity contribution in [1.82, 2.24) is 15.0 Å². The average Bonchev–Trinajstić information content (AvgIpc) is 3.14. The summed E-state index contributed by atoms with van der Waals surface area (Å²) in [6.07, 6.45) is 3.76. The maximum absolute atomic E-state index is 4.74. The molecule has 0 unspecified atom stereocenters. The number of aromatic nitrogens is 3. The lowest BCUT2D eigenvalue weighted by Gasteiger charge is -1.95. The molecule has 4 aromatic rings. The molecule has 1 N–H and O–H groups in total. The molecule has 96 valence electrons. The summed E-state index contributed by atoms with van der Waals surface area (Å²) in [4.78, 5) is 12.2. The largest absolute Gasteiger partial charge is 0.345 e. The van der Waals surface area contributed by atoms with Crippen molar-refractivity contribution in [3.05, 3.63) is 60.2 Å². The lowest BCUT2D eigenvalue weighted by Crippen LogP contribution is -1.78. The number of fused-ring (bicyclic) bond motifs is 1. The molecule has 3 aromatic heterocycles. The third-order valence-corrected chi connectivity index (χ3v) is 4.14. The quantitative estimate of drug-likeness (QED) is 0.591. The van der Waals surface area contributed by atoms with E-state index in [1.807, 2.05) is 30.5 Å². The van der Waals surface area contributed by atoms with Gasteiger partial charge in [0.05, 0.1) is 5.69 Å². The van der Waals surface area contributed by atoms with Crippen molar-refractivity contribution in [2.75, 3.05) is 0 Å². The normalized spacial score (nSPS) is 11.0. The Balaban J connectivity index is 1.82. The highest BCUT2D eigenvalue weighted by Crippen LogP contribution is 2.32. The predicted molar refractivity (Wildman–Crippen MR) is 82.6 cm³/mol. The van der Waals surface area contributed by atoms with Gasteiger partial charge in [0.25, 0.3) is 0 Å². The Morgan fingerprint density at radius 1 is 1.00 bits per heavy atom. The molecule has 3 heterocycles. The number of benzene rings is 1. The van der Waals surface area contributed by atoms with Crippen LogP contribution in [-0.2, 0) is 0 Å². The summed E-state index contributed by atoms with van der Waals surface area (Å²) in [6, 6.07) is 14.3. The van der Waals surface area contributed by atoms with E-state index in [-0.39, 0.29) is 0 Å². The van der Waals surface area contributed by atoms with Crippen LogP contribution in [0, 0.1) is 0 Å². The zero-order chi connectivity index (χ0) is 13.4. The molecule has 0 radical (unpaired) electrons. The summed E-state index contributed by atoms with van der Waals surface area (Å²) < 4.78 is 0. The van der Waals surface area contributed by atoms with Gasteiger partial charge in [-0.2, -0.15) is 0 Å². The van der Waals surface area contributed by atoms with Gasteiger partial charge in [-0.15, -0.1) is 11.3 Å². The van der Waals surface area contributed by atoms with Crippen LogP contribution in [0.3, 0.4) is 0 Å². The molecular formula is C16H11N3S. The second kappa shape index (κ2) is 4.58. The van der Waals surface area contributed by atoms with Crippen LogP contribution in [0.5, 0.6) is 0 Å². The van der Waals surface area contributed by atoms with Gasteiger partial charge in [-0.05, 0) is 12.1 Å². The van der Waals surface area contributed by atoms with Gasteiger partial charge in [-0.25, -0.2) is 9.97 Å². The first-order valence-electron chi connectivity index (χ1n) is 6.35. The monoisotopic (exact) mass is 277 g/mol. The number of nitrogens with zero attached hydrogens (tertiary/aromatic N) is 2. The van der Waals surface area contributed by atoms with Gasteiger partial charge in [-0.3, -0.25) is 0 Å². The first kappa shape index (κ1) is 11.4. The van der Waals surface area contributed by atoms with Crippen molar-refractivity contribution in [1.29, 1.82) is 0 Å². The van der Waals surface area contributed by atoms with Gasteiger partial charge < -0.3 is 4.98 Å². The number of aromatic amines is 1. The number of rotatable bonds is 2. The first-order chi connectivity index (χ1) is 9.92. The van der Waals surface area contributed by atoms with Crippen molar-refractivity contribution in [2.24, 2.45) is 0 Å². The second-order valence-corrected chi connectivity index (χ2v) is 5.36. The number of hydrogen-bond acceptors (Lipinski definition) is 3. The van der Waals surface area contributed by atoms with Crippen LogP contribution in [0.15, 0.2) is 60.2 Å². The maximum Gasteiger partial charge on any atom is 0.137 e. The van der Waals surface area contributed by atoms with Gasteiger partial charge in [0.2, 0.25) is 0 Å². The van der Waals surface area contributed by atoms with Gasteiger partial charge in [-0.1, -0.05) is 30.3 Å². The molecule has 0 saturated carbocycles. The van der Waals surface area contributed by atoms with Crippen LogP contribution in [0.4, 0.5) is 0 Å². The van der Waals surface area contributed by atoms with Crippen molar-refractivity contribution in [3.63, 3.8) is 0 Å². The fourth-order valence-corrected chi connectivity index (χ4v) is 3.10. The number of H-pyrrole nitrogens is 1. The van der Waals surface area contributed by atoms with Crippen molar-refractivity contribution < 1.29 is 0 Å². The molecule has 0 bridgehead atoms. The Hall–Kier alpha value is -2.46. The topological polar surface area (TPSA) is 41.6 Å². The number of hydrogen-bond donors (Lipinski definition) is 1. The highest BCUT2D eigenvalue weighted by molar-refractivity contribution is 7.13.